The number of azide groups is 1. The second-order valence-electron chi connectivity index (χ2n) is 4.87. The van der Waals surface area contributed by atoms with Crippen molar-refractivity contribution in [2.24, 2.45) is 10.5 Å². The van der Waals surface area contributed by atoms with Crippen molar-refractivity contribution in [1.29, 1.82) is 0 Å². The molecule has 0 radical (unpaired) electrons. The van der Waals surface area contributed by atoms with E-state index in [4.69, 9.17) is 5.53 Å². The summed E-state index contributed by atoms with van der Waals surface area (Å²) in [6, 6.07) is 0. The van der Waals surface area contributed by atoms with Gasteiger partial charge in [0.15, 0.2) is 0 Å². The third kappa shape index (κ3) is 3.12. The fraction of sp³-hybridized carbons (Fsp3) is 0.900. The zero-order valence-electron chi connectivity index (χ0n) is 10.2. The average molecular weight is 225 g/mol. The van der Waals surface area contributed by atoms with E-state index in [0.717, 1.165) is 26.2 Å². The van der Waals surface area contributed by atoms with Gasteiger partial charge in [0.1, 0.15) is 0 Å². The first kappa shape index (κ1) is 12.8. The van der Waals surface area contributed by atoms with E-state index < -0.39 is 5.41 Å². The van der Waals surface area contributed by atoms with Gasteiger partial charge < -0.3 is 9.80 Å². The molecule has 1 aliphatic rings. The molecule has 0 atom stereocenters. The zero-order valence-corrected chi connectivity index (χ0v) is 10.2. The van der Waals surface area contributed by atoms with Crippen LogP contribution < -0.4 is 0 Å². The van der Waals surface area contributed by atoms with Crippen LogP contribution in [0.15, 0.2) is 5.11 Å². The Bertz CT molecular complexity index is 300. The summed E-state index contributed by atoms with van der Waals surface area (Å²) in [5.41, 5.74) is 7.69. The Hall–Kier alpha value is -1.26. The lowest BCUT2D eigenvalue weighted by molar-refractivity contribution is -0.141. The molecule has 1 heterocycles. The van der Waals surface area contributed by atoms with Crippen LogP contribution in [0, 0.1) is 5.41 Å². The highest BCUT2D eigenvalue weighted by Gasteiger charge is 2.32. The van der Waals surface area contributed by atoms with Crippen LogP contribution in [0.2, 0.25) is 0 Å². The minimum atomic E-state index is -0.595. The van der Waals surface area contributed by atoms with Crippen LogP contribution in [-0.4, -0.2) is 55.5 Å². The van der Waals surface area contributed by atoms with Crippen molar-refractivity contribution in [1.82, 2.24) is 9.80 Å². The maximum Gasteiger partial charge on any atom is 0.228 e. The van der Waals surface area contributed by atoms with Crippen molar-refractivity contribution < 1.29 is 4.79 Å². The second-order valence-corrected chi connectivity index (χ2v) is 4.87. The minimum absolute atomic E-state index is 0.0769. The van der Waals surface area contributed by atoms with Gasteiger partial charge in [0, 0.05) is 43.1 Å². The summed E-state index contributed by atoms with van der Waals surface area (Å²) in [6.45, 7) is 7.19. The summed E-state index contributed by atoms with van der Waals surface area (Å²) in [5.74, 6) is 0.0769. The first-order valence-corrected chi connectivity index (χ1v) is 5.46. The summed E-state index contributed by atoms with van der Waals surface area (Å²) in [4.78, 5) is 18.9. The molecule has 16 heavy (non-hydrogen) atoms. The third-order valence-corrected chi connectivity index (χ3v) is 2.90. The van der Waals surface area contributed by atoms with Gasteiger partial charge in [-0.1, -0.05) is 19.0 Å². The molecule has 0 aromatic heterocycles. The number of nitrogens with zero attached hydrogens (tertiary/aromatic N) is 5. The number of piperazine rings is 1. The standard InChI is InChI=1S/C10H19N5O/c1-10(2,8-12-13-11)9(16)15-6-4-14(3)5-7-15/h4-8H2,1-3H3. The number of carbonyl (C=O) groups is 1. The Morgan fingerprint density at radius 3 is 2.44 bits per heavy atom. The highest BCUT2D eigenvalue weighted by atomic mass is 16.2. The number of hydrogen-bond acceptors (Lipinski definition) is 3. The quantitative estimate of drug-likeness (QED) is 0.410. The predicted molar refractivity (Wildman–Crippen MR) is 61.9 cm³/mol. The van der Waals surface area contributed by atoms with Gasteiger partial charge in [-0.2, -0.15) is 0 Å². The molecular weight excluding hydrogens is 206 g/mol. The molecule has 0 spiro atoms. The van der Waals surface area contributed by atoms with E-state index in [-0.39, 0.29) is 12.5 Å². The molecule has 0 unspecified atom stereocenters. The van der Waals surface area contributed by atoms with Gasteiger partial charge in [-0.15, -0.1) is 0 Å². The summed E-state index contributed by atoms with van der Waals surface area (Å²) in [7, 11) is 2.05. The minimum Gasteiger partial charge on any atom is -0.340 e. The van der Waals surface area contributed by atoms with Crippen LogP contribution in [0.25, 0.3) is 10.4 Å². The Kier molecular flexibility index (Phi) is 4.15. The van der Waals surface area contributed by atoms with E-state index in [0.29, 0.717) is 0 Å². The van der Waals surface area contributed by atoms with Crippen LogP contribution >= 0.6 is 0 Å². The smallest absolute Gasteiger partial charge is 0.228 e. The van der Waals surface area contributed by atoms with Gasteiger partial charge in [0.05, 0.1) is 0 Å². The van der Waals surface area contributed by atoms with Crippen molar-refractivity contribution in [3.8, 4) is 0 Å². The summed E-state index contributed by atoms with van der Waals surface area (Å²) < 4.78 is 0. The van der Waals surface area contributed by atoms with E-state index in [9.17, 15) is 4.79 Å². The molecule has 1 fully saturated rings. The SMILES string of the molecule is CN1CCN(C(=O)C(C)(C)CN=[N+]=[N-])CC1. The Balaban J connectivity index is 2.59. The predicted octanol–water partition coefficient (Wildman–Crippen LogP) is 1.10. The van der Waals surface area contributed by atoms with E-state index in [2.05, 4.69) is 14.9 Å². The lowest BCUT2D eigenvalue weighted by Crippen LogP contribution is -2.51. The van der Waals surface area contributed by atoms with Crippen LogP contribution in [0.1, 0.15) is 13.8 Å². The van der Waals surface area contributed by atoms with Crippen molar-refractivity contribution in [3.05, 3.63) is 10.4 Å². The lowest BCUT2D eigenvalue weighted by atomic mass is 9.91. The fourth-order valence-electron chi connectivity index (χ4n) is 1.71. The van der Waals surface area contributed by atoms with Crippen LogP contribution in [-0.2, 0) is 4.79 Å². The summed E-state index contributed by atoms with van der Waals surface area (Å²) >= 11 is 0. The molecule has 0 N–H and O–H groups in total. The molecule has 1 saturated heterocycles. The van der Waals surface area contributed by atoms with Gasteiger partial charge in [-0.3, -0.25) is 4.79 Å². The lowest BCUT2D eigenvalue weighted by Gasteiger charge is -2.36. The molecular formula is C10H19N5O. The van der Waals surface area contributed by atoms with E-state index in [1.165, 1.54) is 0 Å². The van der Waals surface area contributed by atoms with Crippen molar-refractivity contribution in [3.63, 3.8) is 0 Å². The molecule has 0 aromatic carbocycles. The highest BCUT2D eigenvalue weighted by molar-refractivity contribution is 5.82. The first-order valence-electron chi connectivity index (χ1n) is 5.46. The Morgan fingerprint density at radius 1 is 1.38 bits per heavy atom. The number of rotatable bonds is 3. The number of hydrogen-bond donors (Lipinski definition) is 0. The van der Waals surface area contributed by atoms with Gasteiger partial charge in [-0.25, -0.2) is 0 Å². The molecule has 6 nitrogen and oxygen atoms in total. The number of carbonyl (C=O) groups excluding carboxylic acids is 1. The van der Waals surface area contributed by atoms with Crippen LogP contribution in [0.4, 0.5) is 0 Å². The average Bonchev–Trinajstić information content (AvgIpc) is 2.26. The van der Waals surface area contributed by atoms with Gasteiger partial charge >= 0.3 is 0 Å². The molecule has 0 bridgehead atoms. The van der Waals surface area contributed by atoms with Gasteiger partial charge in [0.2, 0.25) is 5.91 Å². The van der Waals surface area contributed by atoms with Crippen molar-refractivity contribution in [2.45, 2.75) is 13.8 Å². The number of amides is 1. The van der Waals surface area contributed by atoms with Crippen LogP contribution in [0.3, 0.4) is 0 Å². The molecule has 1 aliphatic heterocycles. The van der Waals surface area contributed by atoms with E-state index in [1.54, 1.807) is 0 Å². The maximum absolute atomic E-state index is 12.2. The normalized spacial score (nSPS) is 18.1. The maximum atomic E-state index is 12.2. The van der Waals surface area contributed by atoms with E-state index >= 15 is 0 Å². The molecule has 0 saturated carbocycles. The largest absolute Gasteiger partial charge is 0.340 e. The van der Waals surface area contributed by atoms with Crippen LogP contribution in [0.5, 0.6) is 0 Å². The van der Waals surface area contributed by atoms with Crippen molar-refractivity contribution in [2.75, 3.05) is 39.8 Å². The molecule has 6 heteroatoms. The first-order chi connectivity index (χ1) is 7.47. The summed E-state index contributed by atoms with van der Waals surface area (Å²) in [6.07, 6.45) is 0. The molecule has 90 valence electrons. The van der Waals surface area contributed by atoms with Gasteiger partial charge in [-0.05, 0) is 12.6 Å². The molecule has 1 amide bonds. The van der Waals surface area contributed by atoms with Gasteiger partial charge in [0.25, 0.3) is 0 Å². The fourth-order valence-corrected chi connectivity index (χ4v) is 1.71. The Morgan fingerprint density at radius 2 is 1.94 bits per heavy atom. The molecule has 0 aliphatic carbocycles. The zero-order chi connectivity index (χ0) is 12.2. The van der Waals surface area contributed by atoms with E-state index in [1.807, 2.05) is 25.8 Å². The Labute approximate surface area is 95.8 Å². The monoisotopic (exact) mass is 225 g/mol. The molecule has 1 rings (SSSR count). The van der Waals surface area contributed by atoms with Crippen molar-refractivity contribution >= 4 is 5.91 Å². The molecule has 0 aromatic rings. The topological polar surface area (TPSA) is 72.3 Å². The highest BCUT2D eigenvalue weighted by Crippen LogP contribution is 2.20. The number of likely N-dealkylation sites (N-methyl/N-ethyl adjacent to an activating group) is 1. The summed E-state index contributed by atoms with van der Waals surface area (Å²) in [5, 5.41) is 3.50. The second kappa shape index (κ2) is 5.18. The third-order valence-electron chi connectivity index (χ3n) is 2.90.